The fraction of sp³-hybridized carbons (Fsp3) is 0.364. The molecule has 162 valence electrons. The van der Waals surface area contributed by atoms with Crippen molar-refractivity contribution in [1.82, 2.24) is 0 Å². The van der Waals surface area contributed by atoms with Crippen LogP contribution in [0.4, 0.5) is 5.69 Å². The molecule has 3 rings (SSSR count). The van der Waals surface area contributed by atoms with Crippen molar-refractivity contribution in [3.05, 3.63) is 48.0 Å². The molecule has 0 spiro atoms. The van der Waals surface area contributed by atoms with Gasteiger partial charge in [-0.1, -0.05) is 12.7 Å². The zero-order valence-corrected chi connectivity index (χ0v) is 19.2. The second-order valence-corrected chi connectivity index (χ2v) is 9.24. The molecule has 2 aromatic carbocycles. The SMILES string of the molecule is C=CCOc1c(N)cc([C@H]2SC[C@H](c3cc(OC)c(OC)c(OC)c3)S2)cc1OC. The number of thioether (sulfide) groups is 2. The van der Waals surface area contributed by atoms with Gasteiger partial charge in [-0.2, -0.15) is 0 Å². The van der Waals surface area contributed by atoms with Gasteiger partial charge in [0.2, 0.25) is 5.75 Å². The van der Waals surface area contributed by atoms with E-state index < -0.39 is 0 Å². The summed E-state index contributed by atoms with van der Waals surface area (Å²) in [6, 6.07) is 7.99. The summed E-state index contributed by atoms with van der Waals surface area (Å²) in [5, 5.41) is 0.276. The Kier molecular flexibility index (Phi) is 7.55. The van der Waals surface area contributed by atoms with Crippen LogP contribution in [-0.2, 0) is 0 Å². The average Bonchev–Trinajstić information content (AvgIpc) is 3.27. The normalized spacial score (nSPS) is 18.0. The lowest BCUT2D eigenvalue weighted by Crippen LogP contribution is -2.02. The lowest BCUT2D eigenvalue weighted by molar-refractivity contribution is 0.324. The molecule has 2 aromatic rings. The van der Waals surface area contributed by atoms with E-state index >= 15 is 0 Å². The molecule has 1 saturated heterocycles. The van der Waals surface area contributed by atoms with Crippen LogP contribution in [0.1, 0.15) is 21.0 Å². The molecular formula is C22H27NO5S2. The average molecular weight is 450 g/mol. The van der Waals surface area contributed by atoms with Crippen LogP contribution in [0.25, 0.3) is 0 Å². The second-order valence-electron chi connectivity index (χ2n) is 6.49. The van der Waals surface area contributed by atoms with Crippen molar-refractivity contribution in [3.63, 3.8) is 0 Å². The molecule has 0 radical (unpaired) electrons. The number of benzene rings is 2. The van der Waals surface area contributed by atoms with Crippen LogP contribution in [0.5, 0.6) is 28.7 Å². The van der Waals surface area contributed by atoms with Crippen LogP contribution >= 0.6 is 23.5 Å². The maximum Gasteiger partial charge on any atom is 0.203 e. The summed E-state index contributed by atoms with van der Waals surface area (Å²) < 4.78 is 27.9. The Hall–Kier alpha value is -2.32. The number of hydrogen-bond donors (Lipinski definition) is 1. The van der Waals surface area contributed by atoms with Crippen LogP contribution in [0, 0.1) is 0 Å². The Bertz CT molecular complexity index is 880. The van der Waals surface area contributed by atoms with Crippen molar-refractivity contribution in [3.8, 4) is 28.7 Å². The van der Waals surface area contributed by atoms with Crippen molar-refractivity contribution in [2.24, 2.45) is 0 Å². The minimum Gasteiger partial charge on any atom is -0.493 e. The first-order valence-electron chi connectivity index (χ1n) is 9.34. The molecule has 30 heavy (non-hydrogen) atoms. The van der Waals surface area contributed by atoms with Crippen LogP contribution < -0.4 is 29.4 Å². The summed E-state index contributed by atoms with van der Waals surface area (Å²) in [6.45, 7) is 4.05. The zero-order chi connectivity index (χ0) is 21.7. The third-order valence-electron chi connectivity index (χ3n) is 4.69. The van der Waals surface area contributed by atoms with Crippen LogP contribution in [0.3, 0.4) is 0 Å². The summed E-state index contributed by atoms with van der Waals surface area (Å²) in [4.78, 5) is 0. The largest absolute Gasteiger partial charge is 0.493 e. The molecule has 0 amide bonds. The standard InChI is InChI=1S/C22H27NO5S2/c1-6-7-28-20-15(23)8-14(11-16(20)24-2)22-29-12-19(30-22)13-9-17(25-3)21(27-5)18(10-13)26-4/h6,8-11,19,22H,1,7,12,23H2,2-5H3/t19-,22+/m1/s1. The molecule has 0 aromatic heterocycles. The molecule has 0 unspecified atom stereocenters. The van der Waals surface area contributed by atoms with Crippen molar-refractivity contribution in [2.45, 2.75) is 9.83 Å². The molecule has 1 fully saturated rings. The third-order valence-corrected chi connectivity index (χ3v) is 8.03. The molecule has 2 N–H and O–H groups in total. The topological polar surface area (TPSA) is 72.2 Å². The zero-order valence-electron chi connectivity index (χ0n) is 17.6. The minimum atomic E-state index is 0.221. The maximum atomic E-state index is 6.25. The van der Waals surface area contributed by atoms with Gasteiger partial charge in [-0.3, -0.25) is 0 Å². The number of methoxy groups -OCH3 is 4. The van der Waals surface area contributed by atoms with Crippen molar-refractivity contribution in [2.75, 3.05) is 46.5 Å². The molecule has 0 bridgehead atoms. The summed E-state index contributed by atoms with van der Waals surface area (Å²) in [5.41, 5.74) is 9.05. The lowest BCUT2D eigenvalue weighted by atomic mass is 10.1. The smallest absolute Gasteiger partial charge is 0.203 e. The van der Waals surface area contributed by atoms with E-state index in [1.165, 1.54) is 0 Å². The highest BCUT2D eigenvalue weighted by Gasteiger charge is 2.31. The highest BCUT2D eigenvalue weighted by atomic mass is 32.2. The van der Waals surface area contributed by atoms with Gasteiger partial charge in [0.15, 0.2) is 23.0 Å². The van der Waals surface area contributed by atoms with E-state index in [-0.39, 0.29) is 9.83 Å². The molecule has 6 nitrogen and oxygen atoms in total. The van der Waals surface area contributed by atoms with Gasteiger partial charge in [-0.05, 0) is 35.4 Å². The van der Waals surface area contributed by atoms with E-state index in [9.17, 15) is 0 Å². The van der Waals surface area contributed by atoms with E-state index in [2.05, 4.69) is 6.58 Å². The minimum absolute atomic E-state index is 0.221. The number of hydrogen-bond acceptors (Lipinski definition) is 8. The lowest BCUT2D eigenvalue weighted by Gasteiger charge is -2.18. The van der Waals surface area contributed by atoms with Gasteiger partial charge >= 0.3 is 0 Å². The number of ether oxygens (including phenoxy) is 5. The number of anilines is 1. The Labute approximate surface area is 186 Å². The Morgan fingerprint density at radius 2 is 1.53 bits per heavy atom. The first-order chi connectivity index (χ1) is 14.6. The summed E-state index contributed by atoms with van der Waals surface area (Å²) in [5.74, 6) is 4.06. The second kappa shape index (κ2) is 10.1. The molecule has 0 saturated carbocycles. The van der Waals surface area contributed by atoms with E-state index in [0.29, 0.717) is 41.0 Å². The molecule has 1 heterocycles. The predicted molar refractivity (Wildman–Crippen MR) is 125 cm³/mol. The van der Waals surface area contributed by atoms with Crippen molar-refractivity contribution < 1.29 is 23.7 Å². The highest BCUT2D eigenvalue weighted by Crippen LogP contribution is 2.58. The van der Waals surface area contributed by atoms with Crippen LogP contribution in [-0.4, -0.2) is 40.8 Å². The van der Waals surface area contributed by atoms with Gasteiger partial charge in [-0.25, -0.2) is 0 Å². The summed E-state index contributed by atoms with van der Waals surface area (Å²) in [7, 11) is 6.49. The number of nitrogens with two attached hydrogens (primary N) is 1. The van der Waals surface area contributed by atoms with E-state index in [0.717, 1.165) is 16.9 Å². The monoisotopic (exact) mass is 449 g/mol. The molecular weight excluding hydrogens is 422 g/mol. The summed E-state index contributed by atoms with van der Waals surface area (Å²) >= 11 is 3.73. The molecule has 1 aliphatic rings. The van der Waals surface area contributed by atoms with E-state index in [4.69, 9.17) is 29.4 Å². The quantitative estimate of drug-likeness (QED) is 0.419. The van der Waals surface area contributed by atoms with Crippen molar-refractivity contribution >= 4 is 29.2 Å². The van der Waals surface area contributed by atoms with E-state index in [1.54, 1.807) is 34.5 Å². The summed E-state index contributed by atoms with van der Waals surface area (Å²) in [6.07, 6.45) is 1.68. The first kappa shape index (κ1) is 22.4. The molecule has 1 aliphatic heterocycles. The van der Waals surface area contributed by atoms with Gasteiger partial charge in [-0.15, -0.1) is 23.5 Å². The van der Waals surface area contributed by atoms with Crippen molar-refractivity contribution in [1.29, 1.82) is 0 Å². The molecule has 0 aliphatic carbocycles. The molecule has 8 heteroatoms. The number of nitrogen functional groups attached to an aromatic ring is 1. The van der Waals surface area contributed by atoms with E-state index in [1.807, 2.05) is 47.8 Å². The Balaban J connectivity index is 1.85. The van der Waals surface area contributed by atoms with Crippen LogP contribution in [0.2, 0.25) is 0 Å². The highest BCUT2D eigenvalue weighted by molar-refractivity contribution is 8.19. The van der Waals surface area contributed by atoms with Gasteiger partial charge in [0.25, 0.3) is 0 Å². The fourth-order valence-corrected chi connectivity index (χ4v) is 6.53. The third kappa shape index (κ3) is 4.54. The molecule has 2 atom stereocenters. The van der Waals surface area contributed by atoms with Gasteiger partial charge in [0, 0.05) is 11.0 Å². The predicted octanol–water partition coefficient (Wildman–Crippen LogP) is 5.09. The Morgan fingerprint density at radius 3 is 2.10 bits per heavy atom. The maximum absolute atomic E-state index is 6.25. The van der Waals surface area contributed by atoms with Gasteiger partial charge < -0.3 is 29.4 Å². The Morgan fingerprint density at radius 1 is 0.933 bits per heavy atom. The first-order valence-corrected chi connectivity index (χ1v) is 11.3. The van der Waals surface area contributed by atoms with Gasteiger partial charge in [0.1, 0.15) is 6.61 Å². The van der Waals surface area contributed by atoms with Crippen LogP contribution in [0.15, 0.2) is 36.9 Å². The fourth-order valence-electron chi connectivity index (χ4n) is 3.27. The van der Waals surface area contributed by atoms with Gasteiger partial charge in [0.05, 0.1) is 38.7 Å². The number of rotatable bonds is 9.